The van der Waals surface area contributed by atoms with Crippen LogP contribution in [-0.4, -0.2) is 38.9 Å². The molecule has 24 heavy (non-hydrogen) atoms. The van der Waals surface area contributed by atoms with E-state index < -0.39 is 5.91 Å². The number of aromatic nitrogens is 2. The molecule has 0 fully saturated rings. The molecule has 3 rings (SSSR count). The fourth-order valence-corrected chi connectivity index (χ4v) is 3.09. The zero-order chi connectivity index (χ0) is 17.4. The molecule has 1 aromatic heterocycles. The Hall–Kier alpha value is -2.61. The molecule has 0 bridgehead atoms. The van der Waals surface area contributed by atoms with Gasteiger partial charge < -0.3 is 0 Å². The fourth-order valence-electron chi connectivity index (χ4n) is 2.50. The van der Waals surface area contributed by atoms with Crippen molar-refractivity contribution in [2.75, 3.05) is 5.32 Å². The van der Waals surface area contributed by atoms with Crippen molar-refractivity contribution in [1.29, 1.82) is 0 Å². The summed E-state index contributed by atoms with van der Waals surface area (Å²) in [6.45, 7) is 5.53. The lowest BCUT2D eigenvalue weighted by atomic mass is 10.1. The van der Waals surface area contributed by atoms with Gasteiger partial charge in [-0.05, 0) is 38.5 Å². The highest BCUT2D eigenvalue weighted by atomic mass is 32.1. The number of benzene rings is 1. The van der Waals surface area contributed by atoms with E-state index in [1.165, 1.54) is 34.4 Å². The van der Waals surface area contributed by atoms with Gasteiger partial charge in [0.25, 0.3) is 17.7 Å². The predicted octanol–water partition coefficient (Wildman–Crippen LogP) is 2.49. The van der Waals surface area contributed by atoms with Crippen LogP contribution in [0, 0.1) is 6.92 Å². The van der Waals surface area contributed by atoms with E-state index in [4.69, 9.17) is 0 Å². The van der Waals surface area contributed by atoms with Crippen molar-refractivity contribution in [2.45, 2.75) is 33.2 Å². The number of imide groups is 1. The topological polar surface area (TPSA) is 92.3 Å². The van der Waals surface area contributed by atoms with E-state index in [0.717, 1.165) is 5.01 Å². The number of nitrogens with zero attached hydrogens (tertiary/aromatic N) is 3. The summed E-state index contributed by atoms with van der Waals surface area (Å²) in [5.74, 6) is -1.06. The van der Waals surface area contributed by atoms with E-state index in [-0.39, 0.29) is 23.4 Å². The summed E-state index contributed by atoms with van der Waals surface area (Å²) in [6.07, 6.45) is 0.676. The maximum absolute atomic E-state index is 12.5. The van der Waals surface area contributed by atoms with Crippen molar-refractivity contribution < 1.29 is 14.4 Å². The third-order valence-corrected chi connectivity index (χ3v) is 4.71. The van der Waals surface area contributed by atoms with Crippen LogP contribution in [-0.2, 0) is 0 Å². The number of carbonyl (C=O) groups is 3. The second kappa shape index (κ2) is 6.12. The van der Waals surface area contributed by atoms with Gasteiger partial charge in [0.05, 0.1) is 11.1 Å². The number of nitrogens with one attached hydrogen (secondary N) is 1. The molecule has 7 nitrogen and oxygen atoms in total. The summed E-state index contributed by atoms with van der Waals surface area (Å²) in [6, 6.07) is 4.34. The summed E-state index contributed by atoms with van der Waals surface area (Å²) in [4.78, 5) is 38.4. The number of hydrogen-bond donors (Lipinski definition) is 1. The van der Waals surface area contributed by atoms with Crippen LogP contribution < -0.4 is 5.32 Å². The van der Waals surface area contributed by atoms with Crippen LogP contribution in [0.1, 0.15) is 56.3 Å². The van der Waals surface area contributed by atoms with Gasteiger partial charge in [-0.2, -0.15) is 0 Å². The zero-order valence-corrected chi connectivity index (χ0v) is 14.3. The molecule has 0 saturated heterocycles. The van der Waals surface area contributed by atoms with Crippen molar-refractivity contribution in [3.8, 4) is 0 Å². The first-order valence-electron chi connectivity index (χ1n) is 7.55. The van der Waals surface area contributed by atoms with Crippen LogP contribution in [0.5, 0.6) is 0 Å². The highest BCUT2D eigenvalue weighted by molar-refractivity contribution is 7.15. The van der Waals surface area contributed by atoms with E-state index in [1.807, 2.05) is 13.8 Å². The second-order valence-electron chi connectivity index (χ2n) is 5.58. The molecule has 124 valence electrons. The van der Waals surface area contributed by atoms with Crippen molar-refractivity contribution in [1.82, 2.24) is 15.1 Å². The molecule has 1 unspecified atom stereocenters. The van der Waals surface area contributed by atoms with E-state index in [1.54, 1.807) is 6.92 Å². The quantitative estimate of drug-likeness (QED) is 0.860. The van der Waals surface area contributed by atoms with Gasteiger partial charge in [-0.3, -0.25) is 24.6 Å². The Kier molecular flexibility index (Phi) is 4.15. The van der Waals surface area contributed by atoms with E-state index in [9.17, 15) is 14.4 Å². The van der Waals surface area contributed by atoms with Gasteiger partial charge in [0.1, 0.15) is 5.01 Å². The number of fused-ring (bicyclic) bond motifs is 1. The fraction of sp³-hybridized carbons (Fsp3) is 0.312. The third-order valence-electron chi connectivity index (χ3n) is 3.96. The maximum atomic E-state index is 12.5. The molecule has 1 atom stereocenters. The lowest BCUT2D eigenvalue weighted by Crippen LogP contribution is -2.37. The maximum Gasteiger partial charge on any atom is 0.261 e. The van der Waals surface area contributed by atoms with Gasteiger partial charge in [0.15, 0.2) is 0 Å². The summed E-state index contributed by atoms with van der Waals surface area (Å²) >= 11 is 1.26. The zero-order valence-electron chi connectivity index (χ0n) is 13.5. The summed E-state index contributed by atoms with van der Waals surface area (Å²) in [5, 5.41) is 11.4. The Morgan fingerprint density at radius 1 is 1.25 bits per heavy atom. The first-order chi connectivity index (χ1) is 11.4. The van der Waals surface area contributed by atoms with Crippen LogP contribution >= 0.6 is 11.3 Å². The molecule has 1 N–H and O–H groups in total. The van der Waals surface area contributed by atoms with Gasteiger partial charge in [-0.1, -0.05) is 18.3 Å². The number of anilines is 1. The second-order valence-corrected chi connectivity index (χ2v) is 6.76. The third kappa shape index (κ3) is 2.69. The summed E-state index contributed by atoms with van der Waals surface area (Å²) in [5.41, 5.74) is 0.902. The molecule has 1 aliphatic heterocycles. The monoisotopic (exact) mass is 344 g/mol. The Morgan fingerprint density at radius 3 is 2.58 bits per heavy atom. The minimum atomic E-state index is -0.392. The minimum absolute atomic E-state index is 0.181. The van der Waals surface area contributed by atoms with Gasteiger partial charge in [0.2, 0.25) is 5.13 Å². The van der Waals surface area contributed by atoms with Crippen LogP contribution in [0.25, 0.3) is 0 Å². The molecular weight excluding hydrogens is 328 g/mol. The lowest BCUT2D eigenvalue weighted by molar-refractivity contribution is 0.0593. The first-order valence-corrected chi connectivity index (χ1v) is 8.37. The molecule has 8 heteroatoms. The number of rotatable bonds is 4. The molecule has 1 aromatic carbocycles. The van der Waals surface area contributed by atoms with Gasteiger partial charge in [0, 0.05) is 11.6 Å². The molecule has 0 saturated carbocycles. The van der Waals surface area contributed by atoms with Crippen molar-refractivity contribution in [3.05, 3.63) is 39.9 Å². The molecule has 2 aromatic rings. The Bertz CT molecular complexity index is 846. The molecular formula is C16H16N4O3S. The summed E-state index contributed by atoms with van der Waals surface area (Å²) < 4.78 is 0. The normalized spacial score (nSPS) is 14.7. The Balaban J connectivity index is 1.88. The van der Waals surface area contributed by atoms with E-state index in [0.29, 0.717) is 22.7 Å². The van der Waals surface area contributed by atoms with E-state index >= 15 is 0 Å². The molecule has 0 radical (unpaired) electrons. The number of aryl methyl sites for hydroxylation is 1. The highest BCUT2D eigenvalue weighted by Crippen LogP contribution is 2.27. The average Bonchev–Trinajstić information content (AvgIpc) is 3.08. The highest BCUT2D eigenvalue weighted by Gasteiger charge is 2.38. The molecule has 0 spiro atoms. The van der Waals surface area contributed by atoms with Crippen molar-refractivity contribution >= 4 is 34.2 Å². The molecule has 2 heterocycles. The smallest absolute Gasteiger partial charge is 0.261 e. The summed E-state index contributed by atoms with van der Waals surface area (Å²) in [7, 11) is 0. The minimum Gasteiger partial charge on any atom is -0.296 e. The Labute approximate surface area is 142 Å². The molecule has 1 aliphatic rings. The number of hydrogen-bond acceptors (Lipinski definition) is 6. The largest absolute Gasteiger partial charge is 0.296 e. The standard InChI is InChI=1S/C16H16N4O3S/c1-4-8(2)20-14(22)11-6-5-10(7-12(11)15(20)23)13(21)17-16-19-18-9(3)24-16/h5-8H,4H2,1-3H3,(H,17,19,21). The van der Waals surface area contributed by atoms with Crippen LogP contribution in [0.4, 0.5) is 5.13 Å². The van der Waals surface area contributed by atoms with Crippen LogP contribution in [0.15, 0.2) is 18.2 Å². The van der Waals surface area contributed by atoms with Crippen LogP contribution in [0.3, 0.4) is 0 Å². The SMILES string of the molecule is CCC(C)N1C(=O)c2ccc(C(=O)Nc3nnc(C)s3)cc2C1=O. The van der Waals surface area contributed by atoms with Gasteiger partial charge in [-0.25, -0.2) is 0 Å². The molecule has 0 aliphatic carbocycles. The predicted molar refractivity (Wildman–Crippen MR) is 89.3 cm³/mol. The van der Waals surface area contributed by atoms with E-state index in [2.05, 4.69) is 15.5 Å². The average molecular weight is 344 g/mol. The van der Waals surface area contributed by atoms with Gasteiger partial charge in [-0.15, -0.1) is 10.2 Å². The Morgan fingerprint density at radius 2 is 1.96 bits per heavy atom. The first kappa shape index (κ1) is 16.3. The number of amides is 3. The van der Waals surface area contributed by atoms with Crippen LogP contribution in [0.2, 0.25) is 0 Å². The molecule has 3 amide bonds. The van der Waals surface area contributed by atoms with Crippen molar-refractivity contribution in [2.24, 2.45) is 0 Å². The lowest BCUT2D eigenvalue weighted by Gasteiger charge is -2.20. The van der Waals surface area contributed by atoms with Crippen molar-refractivity contribution in [3.63, 3.8) is 0 Å². The number of carbonyl (C=O) groups excluding carboxylic acids is 3. The van der Waals surface area contributed by atoms with Gasteiger partial charge >= 0.3 is 0 Å².